The lowest BCUT2D eigenvalue weighted by Crippen LogP contribution is -2.31. The number of hydrogen-bond donors (Lipinski definition) is 0. The summed E-state index contributed by atoms with van der Waals surface area (Å²) in [5.41, 5.74) is 2.38. The summed E-state index contributed by atoms with van der Waals surface area (Å²) in [7, 11) is 3.21. The maximum Gasteiger partial charge on any atom is 0.233 e. The third-order valence-corrected chi connectivity index (χ3v) is 6.38. The molecule has 0 aliphatic carbocycles. The van der Waals surface area contributed by atoms with Gasteiger partial charge in [0, 0.05) is 12.4 Å². The van der Waals surface area contributed by atoms with Crippen LogP contribution in [0.4, 0.5) is 5.13 Å². The molecule has 1 aliphatic rings. The molecule has 2 aromatic carbocycles. The first-order valence-corrected chi connectivity index (χ1v) is 11.1. The summed E-state index contributed by atoms with van der Waals surface area (Å²) in [5.74, 6) is 2.53. The number of anilines is 1. The van der Waals surface area contributed by atoms with Gasteiger partial charge >= 0.3 is 0 Å². The topological polar surface area (TPSA) is 83.0 Å². The number of aromatic nitrogens is 2. The van der Waals surface area contributed by atoms with Gasteiger partial charge in [-0.3, -0.25) is 14.7 Å². The number of pyridine rings is 1. The molecule has 0 saturated heterocycles. The van der Waals surface area contributed by atoms with E-state index in [0.717, 1.165) is 15.8 Å². The van der Waals surface area contributed by atoms with Crippen molar-refractivity contribution in [2.24, 2.45) is 0 Å². The molecule has 33 heavy (non-hydrogen) atoms. The first-order valence-electron chi connectivity index (χ1n) is 10.3. The molecule has 1 aliphatic heterocycles. The summed E-state index contributed by atoms with van der Waals surface area (Å²) < 4.78 is 22.7. The maximum absolute atomic E-state index is 13.5. The Morgan fingerprint density at radius 2 is 1.88 bits per heavy atom. The molecule has 0 fully saturated rings. The van der Waals surface area contributed by atoms with Gasteiger partial charge in [0.2, 0.25) is 12.7 Å². The summed E-state index contributed by atoms with van der Waals surface area (Å²) in [5, 5.41) is 0.558. The van der Waals surface area contributed by atoms with Gasteiger partial charge in [-0.15, -0.1) is 0 Å². The highest BCUT2D eigenvalue weighted by Gasteiger charge is 2.24. The van der Waals surface area contributed by atoms with Crippen molar-refractivity contribution in [1.29, 1.82) is 0 Å². The van der Waals surface area contributed by atoms with Crippen LogP contribution in [0.3, 0.4) is 0 Å². The molecule has 1 amide bonds. The highest BCUT2D eigenvalue weighted by atomic mass is 32.1. The van der Waals surface area contributed by atoms with Crippen LogP contribution in [0.2, 0.25) is 0 Å². The van der Waals surface area contributed by atoms with Crippen LogP contribution in [-0.2, 0) is 17.8 Å². The van der Waals surface area contributed by atoms with Crippen LogP contribution in [0.15, 0.2) is 54.9 Å². The SMILES string of the molecule is COc1ccc(OC)c2sc(N(Cc3cccnc3)C(=O)Cc3ccc4c(c3)OCO4)nc12. The number of fused-ring (bicyclic) bond motifs is 2. The fourth-order valence-electron chi connectivity index (χ4n) is 3.65. The lowest BCUT2D eigenvalue weighted by molar-refractivity contribution is -0.118. The van der Waals surface area contributed by atoms with Crippen molar-refractivity contribution >= 4 is 32.6 Å². The summed E-state index contributed by atoms with van der Waals surface area (Å²) in [6.45, 7) is 0.525. The van der Waals surface area contributed by atoms with Crippen molar-refractivity contribution in [1.82, 2.24) is 9.97 Å². The second kappa shape index (κ2) is 8.95. The average Bonchev–Trinajstić information content (AvgIpc) is 3.49. The fraction of sp³-hybridized carbons (Fsp3) is 0.208. The van der Waals surface area contributed by atoms with Gasteiger partial charge in [0.25, 0.3) is 0 Å². The maximum atomic E-state index is 13.5. The Kier molecular flexibility index (Phi) is 5.70. The van der Waals surface area contributed by atoms with E-state index in [9.17, 15) is 4.79 Å². The van der Waals surface area contributed by atoms with E-state index in [1.807, 2.05) is 42.5 Å². The van der Waals surface area contributed by atoms with E-state index in [2.05, 4.69) is 4.98 Å². The molecule has 9 heteroatoms. The van der Waals surface area contributed by atoms with Crippen LogP contribution in [0.5, 0.6) is 23.0 Å². The van der Waals surface area contributed by atoms with Crippen molar-refractivity contribution in [3.05, 3.63) is 66.0 Å². The zero-order valence-electron chi connectivity index (χ0n) is 18.1. The number of benzene rings is 2. The Morgan fingerprint density at radius 1 is 1.06 bits per heavy atom. The predicted molar refractivity (Wildman–Crippen MR) is 124 cm³/mol. The Bertz CT molecular complexity index is 1270. The van der Waals surface area contributed by atoms with Crippen molar-refractivity contribution in [2.45, 2.75) is 13.0 Å². The molecule has 168 valence electrons. The predicted octanol–water partition coefficient (Wildman–Crippen LogP) is 4.21. The molecule has 3 heterocycles. The van der Waals surface area contributed by atoms with Crippen LogP contribution < -0.4 is 23.8 Å². The quantitative estimate of drug-likeness (QED) is 0.406. The Balaban J connectivity index is 1.52. The van der Waals surface area contributed by atoms with Gasteiger partial charge in [-0.05, 0) is 41.5 Å². The van der Waals surface area contributed by atoms with E-state index in [1.165, 1.54) is 11.3 Å². The minimum Gasteiger partial charge on any atom is -0.495 e. The number of methoxy groups -OCH3 is 2. The van der Waals surface area contributed by atoms with Crippen LogP contribution in [0, 0.1) is 0 Å². The van der Waals surface area contributed by atoms with Gasteiger partial charge in [-0.1, -0.05) is 23.5 Å². The molecule has 8 nitrogen and oxygen atoms in total. The number of carbonyl (C=O) groups is 1. The molecule has 5 rings (SSSR count). The summed E-state index contributed by atoms with van der Waals surface area (Å²) >= 11 is 1.39. The van der Waals surface area contributed by atoms with Gasteiger partial charge in [-0.25, -0.2) is 4.98 Å². The molecule has 2 aromatic heterocycles. The molecular weight excluding hydrogens is 442 g/mol. The standard InChI is InChI=1S/C24H21N3O5S/c1-29-18-7-8-19(30-2)23-22(18)26-24(33-23)27(13-16-4-3-9-25-12-16)21(28)11-15-5-6-17-20(10-15)32-14-31-17/h3-10,12H,11,13-14H2,1-2H3. The normalized spacial score (nSPS) is 12.1. The van der Waals surface area contributed by atoms with Crippen LogP contribution >= 0.6 is 11.3 Å². The molecule has 0 bridgehead atoms. The number of rotatable bonds is 7. The molecule has 0 N–H and O–H groups in total. The van der Waals surface area contributed by atoms with E-state index in [1.54, 1.807) is 31.5 Å². The van der Waals surface area contributed by atoms with Crippen molar-refractivity contribution in [3.63, 3.8) is 0 Å². The van der Waals surface area contributed by atoms with Gasteiger partial charge in [0.1, 0.15) is 21.7 Å². The number of thiazole rings is 1. The Morgan fingerprint density at radius 3 is 2.67 bits per heavy atom. The molecule has 0 spiro atoms. The number of amides is 1. The van der Waals surface area contributed by atoms with Gasteiger partial charge < -0.3 is 18.9 Å². The molecule has 0 atom stereocenters. The number of carbonyl (C=O) groups excluding carboxylic acids is 1. The van der Waals surface area contributed by atoms with E-state index in [-0.39, 0.29) is 19.1 Å². The van der Waals surface area contributed by atoms with Crippen molar-refractivity contribution in [2.75, 3.05) is 25.9 Å². The monoisotopic (exact) mass is 463 g/mol. The van der Waals surface area contributed by atoms with Crippen molar-refractivity contribution < 1.29 is 23.7 Å². The lowest BCUT2D eigenvalue weighted by Gasteiger charge is -2.20. The lowest BCUT2D eigenvalue weighted by atomic mass is 10.1. The first-order chi connectivity index (χ1) is 16.2. The minimum atomic E-state index is -0.102. The molecular formula is C24H21N3O5S. The molecule has 0 saturated carbocycles. The highest BCUT2D eigenvalue weighted by molar-refractivity contribution is 7.22. The summed E-state index contributed by atoms with van der Waals surface area (Å²) in [6, 6.07) is 13.0. The van der Waals surface area contributed by atoms with Crippen LogP contribution in [-0.4, -0.2) is 36.9 Å². The molecule has 0 radical (unpaired) electrons. The van der Waals surface area contributed by atoms with Gasteiger partial charge in [-0.2, -0.15) is 0 Å². The number of hydrogen-bond acceptors (Lipinski definition) is 8. The third-order valence-electron chi connectivity index (χ3n) is 5.29. The summed E-state index contributed by atoms with van der Waals surface area (Å²) in [6.07, 6.45) is 3.63. The van der Waals surface area contributed by atoms with E-state index in [4.69, 9.17) is 23.9 Å². The van der Waals surface area contributed by atoms with E-state index < -0.39 is 0 Å². The second-order valence-electron chi connectivity index (χ2n) is 7.35. The average molecular weight is 464 g/mol. The van der Waals surface area contributed by atoms with E-state index >= 15 is 0 Å². The Labute approximate surface area is 194 Å². The third kappa shape index (κ3) is 4.14. The molecule has 0 unspecified atom stereocenters. The number of ether oxygens (including phenoxy) is 4. The Hall–Kier alpha value is -3.85. The van der Waals surface area contributed by atoms with Crippen molar-refractivity contribution in [3.8, 4) is 23.0 Å². The second-order valence-corrected chi connectivity index (χ2v) is 8.33. The highest BCUT2D eigenvalue weighted by Crippen LogP contribution is 2.40. The zero-order valence-corrected chi connectivity index (χ0v) is 18.9. The van der Waals surface area contributed by atoms with Gasteiger partial charge in [0.15, 0.2) is 16.6 Å². The van der Waals surface area contributed by atoms with Gasteiger partial charge in [0.05, 0.1) is 27.2 Å². The largest absolute Gasteiger partial charge is 0.495 e. The smallest absolute Gasteiger partial charge is 0.233 e. The zero-order chi connectivity index (χ0) is 22.8. The first kappa shape index (κ1) is 21.0. The van der Waals surface area contributed by atoms with E-state index in [0.29, 0.717) is 40.2 Å². The fourth-order valence-corrected chi connectivity index (χ4v) is 4.74. The summed E-state index contributed by atoms with van der Waals surface area (Å²) in [4.78, 5) is 24.2. The van der Waals surface area contributed by atoms with Crippen LogP contribution in [0.1, 0.15) is 11.1 Å². The van der Waals surface area contributed by atoms with Crippen LogP contribution in [0.25, 0.3) is 10.2 Å². The molecule has 4 aromatic rings. The minimum absolute atomic E-state index is 0.102. The number of nitrogens with zero attached hydrogens (tertiary/aromatic N) is 3.